The molecule has 0 radical (unpaired) electrons. The number of para-hydroxylation sites is 2. The van der Waals surface area contributed by atoms with Gasteiger partial charge in [0, 0.05) is 29.6 Å². The molecule has 0 aliphatic rings. The van der Waals surface area contributed by atoms with Crippen molar-refractivity contribution in [3.8, 4) is 0 Å². The van der Waals surface area contributed by atoms with Gasteiger partial charge in [0.25, 0.3) is 22.5 Å². The number of benzene rings is 2. The van der Waals surface area contributed by atoms with E-state index in [1.165, 1.54) is 25.1 Å². The van der Waals surface area contributed by atoms with Crippen molar-refractivity contribution in [2.75, 3.05) is 0 Å². The summed E-state index contributed by atoms with van der Waals surface area (Å²) >= 11 is 5.80. The number of carbonyl (C=O) groups excluding carboxylic acids is 1. The summed E-state index contributed by atoms with van der Waals surface area (Å²) in [5.74, 6) is -0.514. The van der Waals surface area contributed by atoms with Crippen molar-refractivity contribution in [1.82, 2.24) is 0 Å². The first-order chi connectivity index (χ1) is 10.5. The molecule has 0 atom stereocenters. The van der Waals surface area contributed by atoms with Gasteiger partial charge in [0.15, 0.2) is 0 Å². The standard InChI is InChI=1S/C16H11ClN2O3/c1-10-15(16(20)11-6-8-12(17)9-7-11)19(22)14-5-3-2-4-13(14)18(10)21/h2-9H,1H3. The van der Waals surface area contributed by atoms with Gasteiger partial charge in [-0.25, -0.2) is 0 Å². The van der Waals surface area contributed by atoms with Crippen LogP contribution in [0.4, 0.5) is 0 Å². The van der Waals surface area contributed by atoms with Crippen LogP contribution in [0.5, 0.6) is 0 Å². The Bertz CT molecular complexity index is 892. The SMILES string of the molecule is Cc1c(C(=O)c2ccc(Cl)cc2)[n+]([O-])c2ccccc2[n+]1[O-]. The number of fused-ring (bicyclic) bond motifs is 1. The zero-order valence-electron chi connectivity index (χ0n) is 11.6. The molecule has 0 fully saturated rings. The second-order valence-electron chi connectivity index (χ2n) is 4.85. The van der Waals surface area contributed by atoms with Crippen LogP contribution in [0.25, 0.3) is 11.0 Å². The Kier molecular flexibility index (Phi) is 3.42. The van der Waals surface area contributed by atoms with Gasteiger partial charge in [0.05, 0.1) is 0 Å². The fraction of sp³-hybridized carbons (Fsp3) is 0.0625. The molecule has 22 heavy (non-hydrogen) atoms. The summed E-state index contributed by atoms with van der Waals surface area (Å²) in [5.41, 5.74) is 0.556. The lowest BCUT2D eigenvalue weighted by atomic mass is 10.1. The molecule has 2 aromatic carbocycles. The number of hydrogen-bond acceptors (Lipinski definition) is 3. The van der Waals surface area contributed by atoms with Gasteiger partial charge in [-0.05, 0) is 24.3 Å². The van der Waals surface area contributed by atoms with E-state index in [-0.39, 0.29) is 22.4 Å². The van der Waals surface area contributed by atoms with Gasteiger partial charge in [-0.3, -0.25) is 4.79 Å². The maximum absolute atomic E-state index is 12.6. The zero-order valence-corrected chi connectivity index (χ0v) is 12.4. The molecule has 0 saturated carbocycles. The molecule has 0 unspecified atom stereocenters. The summed E-state index contributed by atoms with van der Waals surface area (Å²) in [6.07, 6.45) is 0. The van der Waals surface area contributed by atoms with E-state index in [0.717, 1.165) is 0 Å². The number of nitrogens with zero attached hydrogens (tertiary/aromatic N) is 2. The summed E-state index contributed by atoms with van der Waals surface area (Å²) in [6, 6.07) is 12.5. The van der Waals surface area contributed by atoms with Crippen molar-refractivity contribution in [2.24, 2.45) is 0 Å². The molecule has 3 rings (SSSR count). The number of hydrogen-bond donors (Lipinski definition) is 0. The molecule has 110 valence electrons. The van der Waals surface area contributed by atoms with Crippen LogP contribution < -0.4 is 9.46 Å². The number of rotatable bonds is 2. The smallest absolute Gasteiger partial charge is 0.333 e. The molecule has 1 heterocycles. The fourth-order valence-electron chi connectivity index (χ4n) is 2.35. The van der Waals surface area contributed by atoms with Gasteiger partial charge in [-0.2, -0.15) is 9.46 Å². The minimum absolute atomic E-state index is 0.0636. The highest BCUT2D eigenvalue weighted by Gasteiger charge is 2.31. The summed E-state index contributed by atoms with van der Waals surface area (Å²) < 4.78 is 1.11. The van der Waals surface area contributed by atoms with Crippen molar-refractivity contribution in [1.29, 1.82) is 0 Å². The quantitative estimate of drug-likeness (QED) is 0.414. The molecule has 0 bridgehead atoms. The molecule has 5 nitrogen and oxygen atoms in total. The molecule has 0 amide bonds. The molecule has 0 N–H and O–H groups in total. The Morgan fingerprint density at radius 1 is 0.955 bits per heavy atom. The lowest BCUT2D eigenvalue weighted by molar-refractivity contribution is -0.635. The van der Waals surface area contributed by atoms with Crippen molar-refractivity contribution in [2.45, 2.75) is 6.92 Å². The van der Waals surface area contributed by atoms with E-state index in [9.17, 15) is 15.2 Å². The van der Waals surface area contributed by atoms with Gasteiger partial charge in [-0.15, -0.1) is 0 Å². The van der Waals surface area contributed by atoms with Crippen LogP contribution in [0.3, 0.4) is 0 Å². The van der Waals surface area contributed by atoms with Crippen LogP contribution in [-0.4, -0.2) is 5.78 Å². The molecule has 0 aliphatic heterocycles. The van der Waals surface area contributed by atoms with Crippen molar-refractivity contribution < 1.29 is 14.3 Å². The van der Waals surface area contributed by atoms with E-state index in [0.29, 0.717) is 20.0 Å². The van der Waals surface area contributed by atoms with Crippen molar-refractivity contribution in [3.63, 3.8) is 0 Å². The van der Waals surface area contributed by atoms with Gasteiger partial charge in [0.1, 0.15) is 0 Å². The maximum atomic E-state index is 12.6. The Balaban J connectivity index is 2.26. The van der Waals surface area contributed by atoms with Crippen molar-refractivity contribution in [3.05, 3.63) is 80.9 Å². The number of halogens is 1. The van der Waals surface area contributed by atoms with E-state index < -0.39 is 5.78 Å². The molecule has 0 saturated heterocycles. The van der Waals surface area contributed by atoms with Gasteiger partial charge < -0.3 is 10.4 Å². The summed E-state index contributed by atoms with van der Waals surface area (Å²) in [5, 5.41) is 25.3. The summed E-state index contributed by atoms with van der Waals surface area (Å²) in [4.78, 5) is 12.6. The Hall–Kier alpha value is -2.66. The second-order valence-corrected chi connectivity index (χ2v) is 5.28. The summed E-state index contributed by atoms with van der Waals surface area (Å²) in [6.45, 7) is 1.46. The number of ketones is 1. The maximum Gasteiger partial charge on any atom is 0.333 e. The van der Waals surface area contributed by atoms with Crippen LogP contribution in [0, 0.1) is 17.3 Å². The highest BCUT2D eigenvalue weighted by molar-refractivity contribution is 6.30. The number of carbonyl (C=O) groups is 1. The van der Waals surface area contributed by atoms with Crippen molar-refractivity contribution >= 4 is 28.4 Å². The first-order valence-corrected chi connectivity index (χ1v) is 6.93. The van der Waals surface area contributed by atoms with Crippen LogP contribution in [0.2, 0.25) is 5.02 Å². The normalized spacial score (nSPS) is 10.8. The molecule has 1 aromatic heterocycles. The highest BCUT2D eigenvalue weighted by Crippen LogP contribution is 2.15. The largest absolute Gasteiger partial charge is 0.618 e. The van der Waals surface area contributed by atoms with Gasteiger partial charge in [0.2, 0.25) is 0 Å². The van der Waals surface area contributed by atoms with Crippen LogP contribution in [-0.2, 0) is 0 Å². The van der Waals surface area contributed by atoms with Gasteiger partial charge >= 0.3 is 5.69 Å². The molecule has 6 heteroatoms. The minimum atomic E-state index is -0.514. The third kappa shape index (κ3) is 2.16. The highest BCUT2D eigenvalue weighted by atomic mass is 35.5. The van der Waals surface area contributed by atoms with Crippen LogP contribution in [0.15, 0.2) is 48.5 Å². The molecular weight excluding hydrogens is 304 g/mol. The first-order valence-electron chi connectivity index (χ1n) is 6.55. The van der Waals surface area contributed by atoms with E-state index in [2.05, 4.69) is 0 Å². The average Bonchev–Trinajstić information content (AvgIpc) is 2.53. The third-order valence-corrected chi connectivity index (χ3v) is 3.74. The molecule has 0 aliphatic carbocycles. The summed E-state index contributed by atoms with van der Waals surface area (Å²) in [7, 11) is 0. The molecule has 3 aromatic rings. The predicted octanol–water partition coefficient (Wildman–Crippen LogP) is 2.30. The monoisotopic (exact) mass is 314 g/mol. The third-order valence-electron chi connectivity index (χ3n) is 3.49. The lowest BCUT2D eigenvalue weighted by Crippen LogP contribution is -2.46. The predicted molar refractivity (Wildman–Crippen MR) is 81.5 cm³/mol. The molecular formula is C16H11ClN2O3. The average molecular weight is 315 g/mol. The Labute approximate surface area is 131 Å². The first kappa shape index (κ1) is 14.3. The Morgan fingerprint density at radius 2 is 1.50 bits per heavy atom. The zero-order chi connectivity index (χ0) is 15.9. The second kappa shape index (κ2) is 5.27. The number of aromatic nitrogens is 2. The van der Waals surface area contributed by atoms with Gasteiger partial charge in [-0.1, -0.05) is 23.7 Å². The van der Waals surface area contributed by atoms with Crippen LogP contribution in [0.1, 0.15) is 21.7 Å². The van der Waals surface area contributed by atoms with E-state index in [1.54, 1.807) is 30.3 Å². The van der Waals surface area contributed by atoms with E-state index in [1.807, 2.05) is 0 Å². The van der Waals surface area contributed by atoms with E-state index >= 15 is 0 Å². The fourth-order valence-corrected chi connectivity index (χ4v) is 2.47. The minimum Gasteiger partial charge on any atom is -0.618 e. The van der Waals surface area contributed by atoms with Crippen LogP contribution >= 0.6 is 11.6 Å². The lowest BCUT2D eigenvalue weighted by Gasteiger charge is -2.10. The van der Waals surface area contributed by atoms with E-state index in [4.69, 9.17) is 11.6 Å². The topological polar surface area (TPSA) is 71.0 Å². The Morgan fingerprint density at radius 3 is 2.09 bits per heavy atom. The molecule has 0 spiro atoms.